The van der Waals surface area contributed by atoms with Gasteiger partial charge in [0.1, 0.15) is 6.04 Å². The molecule has 0 radical (unpaired) electrons. The summed E-state index contributed by atoms with van der Waals surface area (Å²) in [5.74, 6) is -4.25. The number of methoxy groups -OCH3 is 2. The van der Waals surface area contributed by atoms with Crippen molar-refractivity contribution in [1.82, 2.24) is 25.8 Å². The van der Waals surface area contributed by atoms with E-state index in [0.717, 1.165) is 12.8 Å². The quantitative estimate of drug-likeness (QED) is 0.185. The Morgan fingerprint density at radius 2 is 1.72 bits per heavy atom. The van der Waals surface area contributed by atoms with Gasteiger partial charge >= 0.3 is 0 Å². The molecule has 282 valence electrons. The van der Waals surface area contributed by atoms with Gasteiger partial charge in [-0.1, -0.05) is 77.5 Å². The number of amides is 4. The van der Waals surface area contributed by atoms with Crippen LogP contribution >= 0.6 is 0 Å². The molecule has 0 saturated carbocycles. The number of carbonyl (C=O) groups excluding carboxylic acids is 4. The van der Waals surface area contributed by atoms with E-state index in [9.17, 15) is 19.2 Å². The summed E-state index contributed by atoms with van der Waals surface area (Å²) < 4.78 is 27.1. The van der Waals surface area contributed by atoms with Gasteiger partial charge in [0.25, 0.3) is 5.91 Å². The molecule has 2 fully saturated rings. The van der Waals surface area contributed by atoms with E-state index in [0.29, 0.717) is 38.9 Å². The third-order valence-corrected chi connectivity index (χ3v) is 10.8. The minimum Gasteiger partial charge on any atom is -0.379 e. The summed E-state index contributed by atoms with van der Waals surface area (Å²) in [4.78, 5) is 57.6. The van der Waals surface area contributed by atoms with Gasteiger partial charge in [-0.3, -0.25) is 24.5 Å². The van der Waals surface area contributed by atoms with E-state index in [-0.39, 0.29) is 54.4 Å². The van der Waals surface area contributed by atoms with E-state index in [1.807, 2.05) is 58.9 Å². The molecule has 1 aliphatic carbocycles. The Balaban J connectivity index is 1.70. The Bertz CT molecular complexity index is 1220. The second kappa shape index (κ2) is 19.5. The predicted octanol–water partition coefficient (Wildman–Crippen LogP) is 3.90. The largest absolute Gasteiger partial charge is 0.379 e. The third-order valence-electron chi connectivity index (χ3n) is 10.8. The van der Waals surface area contributed by atoms with Crippen molar-refractivity contribution in [3.8, 4) is 0 Å². The molecule has 2 saturated heterocycles. The number of nitrogens with zero attached hydrogens (tertiary/aromatic N) is 2. The number of allylic oxidation sites excluding steroid dienone is 6. The van der Waals surface area contributed by atoms with Gasteiger partial charge in [-0.05, 0) is 50.0 Å². The number of hydrogen-bond donors (Lipinski definition) is 3. The van der Waals surface area contributed by atoms with Crippen LogP contribution < -0.4 is 16.0 Å². The molecule has 0 unspecified atom stereocenters. The zero-order valence-electron chi connectivity index (χ0n) is 31.5. The smallest absolute Gasteiger partial charge is 0.273 e. The normalized spacial score (nSPS) is 24.4. The fourth-order valence-corrected chi connectivity index (χ4v) is 7.52. The highest BCUT2D eigenvalue weighted by Gasteiger charge is 2.45. The van der Waals surface area contributed by atoms with Gasteiger partial charge in [0.15, 0.2) is 0 Å². The van der Waals surface area contributed by atoms with Crippen LogP contribution in [0.4, 0.5) is 4.39 Å². The van der Waals surface area contributed by atoms with Crippen molar-refractivity contribution in [2.75, 3.05) is 40.9 Å². The fourth-order valence-electron chi connectivity index (χ4n) is 7.52. The molecule has 3 aliphatic rings. The van der Waals surface area contributed by atoms with E-state index in [1.54, 1.807) is 24.0 Å². The van der Waals surface area contributed by atoms with Crippen LogP contribution in [-0.2, 0) is 28.7 Å². The van der Waals surface area contributed by atoms with E-state index in [4.69, 9.17) is 9.47 Å². The molecule has 4 amide bonds. The first-order chi connectivity index (χ1) is 23.8. The zero-order chi connectivity index (χ0) is 37.0. The molecule has 0 aromatic rings. The van der Waals surface area contributed by atoms with Crippen molar-refractivity contribution >= 4 is 23.6 Å². The molecule has 50 heavy (non-hydrogen) atoms. The number of likely N-dealkylation sites (N-methyl/N-ethyl adjacent to an activating group) is 1. The molecule has 2 aliphatic heterocycles. The van der Waals surface area contributed by atoms with Crippen LogP contribution in [0.2, 0.25) is 0 Å². The average Bonchev–Trinajstić information content (AvgIpc) is 3.69. The maximum Gasteiger partial charge on any atom is 0.273 e. The lowest BCUT2D eigenvalue weighted by Gasteiger charge is -2.41. The van der Waals surface area contributed by atoms with Gasteiger partial charge < -0.3 is 29.9 Å². The molecular weight excluding hydrogens is 641 g/mol. The number of nitrogens with one attached hydrogen (secondary N) is 3. The summed E-state index contributed by atoms with van der Waals surface area (Å²) in [5.41, 5.74) is 0. The maximum absolute atomic E-state index is 15.2. The standard InChI is InChI=1S/C38H62FN5O6/c1-9-26(4)33(43(6)36(47)32(25(2)3)42-37(48)38(39)20-15-21-41-38)30(49-7)24-31(45)44-23-14-18-29(44)34(50-8)27(5)35(46)40-22-19-28-16-12-10-11-13-17-28/h10-13,16-17,25-30,32-34,41H,9,14-15,18-24H2,1-8H3,(H,40,46)(H,42,48)/t26-,27+,29-,30+,32-,33-,34+,38+/m0/s1. The first-order valence-electron chi connectivity index (χ1n) is 18.5. The Morgan fingerprint density at radius 1 is 1.04 bits per heavy atom. The van der Waals surface area contributed by atoms with Crippen molar-refractivity contribution in [1.29, 1.82) is 0 Å². The van der Waals surface area contributed by atoms with Crippen molar-refractivity contribution < 1.29 is 33.0 Å². The lowest BCUT2D eigenvalue weighted by Crippen LogP contribution is -2.60. The monoisotopic (exact) mass is 703 g/mol. The van der Waals surface area contributed by atoms with E-state index in [2.05, 4.69) is 28.1 Å². The summed E-state index contributed by atoms with van der Waals surface area (Å²) >= 11 is 0. The minimum atomic E-state index is -2.20. The molecule has 8 atom stereocenters. The summed E-state index contributed by atoms with van der Waals surface area (Å²) in [6.07, 6.45) is 14.6. The van der Waals surface area contributed by atoms with Crippen molar-refractivity contribution in [2.24, 2.45) is 23.7 Å². The SMILES string of the molecule is CC[C@H](C)[C@@H]([C@@H](CC(=O)N1CCC[C@H]1[C@H](OC)[C@@H](C)C(=O)NCCC1C=CC=CC=C1)OC)N(C)C(=O)[C@@H](NC(=O)[C@@]1(F)CCCN1)C(C)C. The van der Waals surface area contributed by atoms with E-state index >= 15 is 4.39 Å². The van der Waals surface area contributed by atoms with Crippen LogP contribution in [0.15, 0.2) is 36.5 Å². The number of hydrogen-bond acceptors (Lipinski definition) is 7. The maximum atomic E-state index is 15.2. The predicted molar refractivity (Wildman–Crippen MR) is 193 cm³/mol. The third kappa shape index (κ3) is 10.5. The highest BCUT2D eigenvalue weighted by Crippen LogP contribution is 2.30. The van der Waals surface area contributed by atoms with Gasteiger partial charge in [-0.2, -0.15) is 0 Å². The van der Waals surface area contributed by atoms with Crippen LogP contribution in [0.5, 0.6) is 0 Å². The van der Waals surface area contributed by atoms with Crippen molar-refractivity contribution in [3.05, 3.63) is 36.5 Å². The number of rotatable bonds is 18. The number of ether oxygens (including phenoxy) is 2. The number of alkyl halides is 1. The van der Waals surface area contributed by atoms with E-state index in [1.165, 1.54) is 7.11 Å². The number of halogens is 1. The second-order valence-corrected chi connectivity index (χ2v) is 14.5. The molecule has 0 bridgehead atoms. The van der Waals surface area contributed by atoms with Gasteiger partial charge in [0, 0.05) is 40.8 Å². The van der Waals surface area contributed by atoms with Crippen LogP contribution in [-0.4, -0.2) is 110 Å². The Morgan fingerprint density at radius 3 is 2.28 bits per heavy atom. The van der Waals surface area contributed by atoms with Crippen LogP contribution in [0.1, 0.15) is 79.6 Å². The minimum absolute atomic E-state index is 0.0180. The lowest BCUT2D eigenvalue weighted by atomic mass is 9.89. The molecule has 3 N–H and O–H groups in total. The van der Waals surface area contributed by atoms with Crippen molar-refractivity contribution in [2.45, 2.75) is 116 Å². The van der Waals surface area contributed by atoms with Crippen LogP contribution in [0, 0.1) is 23.7 Å². The highest BCUT2D eigenvalue weighted by molar-refractivity contribution is 5.91. The first kappa shape index (κ1) is 41.3. The summed E-state index contributed by atoms with van der Waals surface area (Å²) in [5, 5.41) is 8.35. The Kier molecular flexibility index (Phi) is 16.1. The topological polar surface area (TPSA) is 129 Å². The summed E-state index contributed by atoms with van der Waals surface area (Å²) in [7, 11) is 4.78. The highest BCUT2D eigenvalue weighted by atomic mass is 19.1. The fraction of sp³-hybridized carbons (Fsp3) is 0.737. The number of likely N-dealkylation sites (tertiary alicyclic amines) is 1. The second-order valence-electron chi connectivity index (χ2n) is 14.5. The van der Waals surface area contributed by atoms with Crippen molar-refractivity contribution in [3.63, 3.8) is 0 Å². The van der Waals surface area contributed by atoms with Gasteiger partial charge in [-0.25, -0.2) is 4.39 Å². The van der Waals surface area contributed by atoms with Crippen LogP contribution in [0.3, 0.4) is 0 Å². The molecular formula is C38H62FN5O6. The van der Waals surface area contributed by atoms with Gasteiger partial charge in [-0.15, -0.1) is 0 Å². The molecule has 11 nitrogen and oxygen atoms in total. The molecule has 3 rings (SSSR count). The van der Waals surface area contributed by atoms with Gasteiger partial charge in [0.2, 0.25) is 23.5 Å². The molecule has 2 heterocycles. The Labute approximate surface area is 298 Å². The molecule has 0 aromatic carbocycles. The van der Waals surface area contributed by atoms with Gasteiger partial charge in [0.05, 0.1) is 36.6 Å². The summed E-state index contributed by atoms with van der Waals surface area (Å²) in [6, 6.07) is -1.75. The zero-order valence-corrected chi connectivity index (χ0v) is 31.5. The Hall–Kier alpha value is -3.09. The number of carbonyl (C=O) groups is 4. The lowest BCUT2D eigenvalue weighted by molar-refractivity contribution is -0.148. The van der Waals surface area contributed by atoms with E-state index < -0.39 is 41.9 Å². The van der Waals surface area contributed by atoms with Crippen LogP contribution in [0.25, 0.3) is 0 Å². The molecule has 0 aromatic heterocycles. The summed E-state index contributed by atoms with van der Waals surface area (Å²) in [6.45, 7) is 10.9. The molecule has 12 heteroatoms. The average molecular weight is 704 g/mol. The first-order valence-corrected chi connectivity index (χ1v) is 18.5. The molecule has 0 spiro atoms.